The van der Waals surface area contributed by atoms with Gasteiger partial charge in [-0.2, -0.15) is 0 Å². The van der Waals surface area contributed by atoms with Gasteiger partial charge in [0, 0.05) is 12.3 Å². The molecule has 0 aliphatic rings. The van der Waals surface area contributed by atoms with Gasteiger partial charge in [-0.05, 0) is 38.0 Å². The van der Waals surface area contributed by atoms with Gasteiger partial charge in [0.2, 0.25) is 0 Å². The van der Waals surface area contributed by atoms with Crippen molar-refractivity contribution in [3.8, 4) is 0 Å². The monoisotopic (exact) mass is 232 g/mol. The molecule has 0 saturated carbocycles. The zero-order chi connectivity index (χ0) is 13.3. The average Bonchev–Trinajstić information content (AvgIpc) is 2.26. The molecule has 17 heavy (non-hydrogen) atoms. The van der Waals surface area contributed by atoms with E-state index in [1.807, 2.05) is 32.0 Å². The van der Waals surface area contributed by atoms with Gasteiger partial charge in [-0.15, -0.1) is 0 Å². The molecule has 0 N–H and O–H groups in total. The summed E-state index contributed by atoms with van der Waals surface area (Å²) in [5.41, 5.74) is 1.76. The fraction of sp³-hybridized carbons (Fsp3) is 0.467. The van der Waals surface area contributed by atoms with Gasteiger partial charge in [0.15, 0.2) is 0 Å². The maximum Gasteiger partial charge on any atom is 0.0815 e. The van der Waals surface area contributed by atoms with Crippen LogP contribution in [0.5, 0.6) is 0 Å². The molecule has 0 bridgehead atoms. The number of aliphatic imine (C=N–C) groups is 1. The molecule has 0 saturated heterocycles. The van der Waals surface area contributed by atoms with Gasteiger partial charge in [0.1, 0.15) is 0 Å². The van der Waals surface area contributed by atoms with Gasteiger partial charge in [0.25, 0.3) is 0 Å². The summed E-state index contributed by atoms with van der Waals surface area (Å²) in [4.78, 5) is 8.54. The highest BCUT2D eigenvalue weighted by Crippen LogP contribution is 1.99. The number of nitrogens with zero attached hydrogens (tertiary/aromatic N) is 2. The Morgan fingerprint density at radius 3 is 2.12 bits per heavy atom. The third kappa shape index (κ3) is 9.49. The van der Waals surface area contributed by atoms with Crippen molar-refractivity contribution in [1.29, 1.82) is 0 Å². The van der Waals surface area contributed by atoms with E-state index in [0.29, 0.717) is 6.04 Å². The van der Waals surface area contributed by atoms with E-state index in [1.54, 1.807) is 12.3 Å². The number of rotatable bonds is 3. The van der Waals surface area contributed by atoms with Crippen molar-refractivity contribution < 1.29 is 0 Å². The van der Waals surface area contributed by atoms with E-state index in [-0.39, 0.29) is 0 Å². The van der Waals surface area contributed by atoms with Crippen molar-refractivity contribution in [3.63, 3.8) is 0 Å². The van der Waals surface area contributed by atoms with E-state index in [2.05, 4.69) is 37.3 Å². The molecule has 1 rings (SSSR count). The lowest BCUT2D eigenvalue weighted by Gasteiger charge is -1.96. The number of pyridine rings is 1. The van der Waals surface area contributed by atoms with E-state index in [0.717, 1.165) is 17.3 Å². The van der Waals surface area contributed by atoms with E-state index >= 15 is 0 Å². The van der Waals surface area contributed by atoms with Crippen LogP contribution in [0, 0.1) is 5.92 Å². The Kier molecular flexibility index (Phi) is 7.95. The summed E-state index contributed by atoms with van der Waals surface area (Å²) in [7, 11) is 0. The lowest BCUT2D eigenvalue weighted by Crippen LogP contribution is -1.93. The zero-order valence-corrected chi connectivity index (χ0v) is 11.6. The maximum absolute atomic E-state index is 4.30. The highest BCUT2D eigenvalue weighted by atomic mass is 14.8. The van der Waals surface area contributed by atoms with Gasteiger partial charge in [-0.25, -0.2) is 4.98 Å². The molecule has 0 unspecified atom stereocenters. The molecule has 2 heteroatoms. The van der Waals surface area contributed by atoms with Crippen molar-refractivity contribution >= 4 is 12.3 Å². The molecule has 0 spiro atoms. The highest BCUT2D eigenvalue weighted by Gasteiger charge is 1.91. The average molecular weight is 232 g/mol. The van der Waals surface area contributed by atoms with E-state index in [1.165, 1.54) is 0 Å². The van der Waals surface area contributed by atoms with Gasteiger partial charge < -0.3 is 0 Å². The quantitative estimate of drug-likeness (QED) is 0.716. The number of hydrogen-bond acceptors (Lipinski definition) is 2. The normalized spacial score (nSPS) is 10.5. The first-order chi connectivity index (χ1) is 7.95. The van der Waals surface area contributed by atoms with Gasteiger partial charge in [-0.1, -0.05) is 33.4 Å². The molecule has 0 fully saturated rings. The standard InChI is InChI=1S/C11H14N2.C4H10/c1-4-10-6-5-7-11(13-10)8-12-9(2)3;1-4(2)3/h4-9H,1H2,2-3H3;4H,1-3H3. The fourth-order valence-corrected chi connectivity index (χ4v) is 0.880. The smallest absolute Gasteiger partial charge is 0.0815 e. The second-order valence-corrected chi connectivity index (χ2v) is 4.80. The van der Waals surface area contributed by atoms with Crippen molar-refractivity contribution in [3.05, 3.63) is 36.2 Å². The van der Waals surface area contributed by atoms with Crippen molar-refractivity contribution in [2.45, 2.75) is 40.7 Å². The lowest BCUT2D eigenvalue weighted by atomic mass is 10.3. The fourth-order valence-electron chi connectivity index (χ4n) is 0.880. The molecular formula is C15H24N2. The number of hydrogen-bond donors (Lipinski definition) is 0. The Morgan fingerprint density at radius 2 is 1.65 bits per heavy atom. The predicted octanol–water partition coefficient (Wildman–Crippen LogP) is 4.21. The molecule has 0 radical (unpaired) electrons. The summed E-state index contributed by atoms with van der Waals surface area (Å²) in [5, 5.41) is 0. The Hall–Kier alpha value is -1.44. The van der Waals surface area contributed by atoms with Crippen molar-refractivity contribution in [2.75, 3.05) is 0 Å². The molecule has 0 aliphatic carbocycles. The van der Waals surface area contributed by atoms with E-state index < -0.39 is 0 Å². The molecule has 0 aliphatic heterocycles. The van der Waals surface area contributed by atoms with Crippen LogP contribution >= 0.6 is 0 Å². The van der Waals surface area contributed by atoms with Crippen LogP contribution in [0.1, 0.15) is 46.0 Å². The molecule has 1 aromatic rings. The maximum atomic E-state index is 4.30. The molecule has 2 nitrogen and oxygen atoms in total. The minimum absolute atomic E-state index is 0.314. The van der Waals surface area contributed by atoms with Crippen LogP contribution in [0.15, 0.2) is 29.8 Å². The first kappa shape index (κ1) is 15.6. The summed E-state index contributed by atoms with van der Waals surface area (Å²) in [6, 6.07) is 6.11. The first-order valence-corrected chi connectivity index (χ1v) is 6.08. The van der Waals surface area contributed by atoms with Crippen LogP contribution in [-0.2, 0) is 0 Å². The first-order valence-electron chi connectivity index (χ1n) is 6.08. The van der Waals surface area contributed by atoms with E-state index in [9.17, 15) is 0 Å². The molecule has 0 aromatic carbocycles. The minimum Gasteiger partial charge on any atom is -0.288 e. The SMILES string of the molecule is C=Cc1cccc(C=NC(C)C)n1.CC(C)C. The molecular weight excluding hydrogens is 208 g/mol. The van der Waals surface area contributed by atoms with Crippen LogP contribution in [-0.4, -0.2) is 17.2 Å². The van der Waals surface area contributed by atoms with Crippen molar-refractivity contribution in [1.82, 2.24) is 4.98 Å². The van der Waals surface area contributed by atoms with Gasteiger partial charge >= 0.3 is 0 Å². The van der Waals surface area contributed by atoms with Crippen LogP contribution < -0.4 is 0 Å². The van der Waals surface area contributed by atoms with E-state index in [4.69, 9.17) is 0 Å². The van der Waals surface area contributed by atoms with Crippen LogP contribution in [0.3, 0.4) is 0 Å². The molecule has 0 amide bonds. The minimum atomic E-state index is 0.314. The Bertz CT molecular complexity index is 349. The topological polar surface area (TPSA) is 25.2 Å². The largest absolute Gasteiger partial charge is 0.288 e. The summed E-state index contributed by atoms with van der Waals surface area (Å²) < 4.78 is 0. The Balaban J connectivity index is 0.000000557. The molecule has 94 valence electrons. The molecule has 0 atom stereocenters. The molecule has 1 heterocycles. The second-order valence-electron chi connectivity index (χ2n) is 4.80. The van der Waals surface area contributed by atoms with Crippen LogP contribution in [0.2, 0.25) is 0 Å². The predicted molar refractivity (Wildman–Crippen MR) is 77.6 cm³/mol. The van der Waals surface area contributed by atoms with Crippen LogP contribution in [0.4, 0.5) is 0 Å². The second kappa shape index (κ2) is 8.68. The Labute approximate surface area is 106 Å². The highest BCUT2D eigenvalue weighted by molar-refractivity contribution is 5.77. The van der Waals surface area contributed by atoms with Crippen LogP contribution in [0.25, 0.3) is 6.08 Å². The molecule has 1 aromatic heterocycles. The third-order valence-electron chi connectivity index (χ3n) is 1.51. The lowest BCUT2D eigenvalue weighted by molar-refractivity contribution is 0.737. The van der Waals surface area contributed by atoms with Crippen molar-refractivity contribution in [2.24, 2.45) is 10.9 Å². The summed E-state index contributed by atoms with van der Waals surface area (Å²) >= 11 is 0. The Morgan fingerprint density at radius 1 is 1.12 bits per heavy atom. The summed E-state index contributed by atoms with van der Waals surface area (Å²) in [5.74, 6) is 0.833. The summed E-state index contributed by atoms with van der Waals surface area (Å²) in [6.45, 7) is 14.2. The van der Waals surface area contributed by atoms with Gasteiger partial charge in [-0.3, -0.25) is 4.99 Å². The summed E-state index contributed by atoms with van der Waals surface area (Å²) in [6.07, 6.45) is 3.52. The van der Waals surface area contributed by atoms with Gasteiger partial charge in [0.05, 0.1) is 11.4 Å². The number of aromatic nitrogens is 1. The zero-order valence-electron chi connectivity index (χ0n) is 11.6. The third-order valence-corrected chi connectivity index (χ3v) is 1.51.